The quantitative estimate of drug-likeness (QED) is 0.423. The maximum absolute atomic E-state index is 12.3. The Morgan fingerprint density at radius 1 is 1.14 bits per heavy atom. The second-order valence-corrected chi connectivity index (χ2v) is 8.06. The van der Waals surface area contributed by atoms with Crippen molar-refractivity contribution in [2.45, 2.75) is 37.4 Å². The van der Waals surface area contributed by atoms with Gasteiger partial charge in [-0.3, -0.25) is 0 Å². The molecule has 2 N–H and O–H groups in total. The summed E-state index contributed by atoms with van der Waals surface area (Å²) in [4.78, 5) is 12.7. The Balaban J connectivity index is 1.71. The number of ether oxygens (including phenoxy) is 1. The van der Waals surface area contributed by atoms with Crippen LogP contribution < -0.4 is 5.73 Å². The molecule has 29 heavy (non-hydrogen) atoms. The molecule has 0 fully saturated rings. The molecule has 5 nitrogen and oxygen atoms in total. The molecule has 10 heteroatoms. The molecule has 152 valence electrons. The van der Waals surface area contributed by atoms with Crippen molar-refractivity contribution in [2.24, 2.45) is 0 Å². The third-order valence-corrected chi connectivity index (χ3v) is 5.72. The predicted molar refractivity (Wildman–Crippen MR) is 107 cm³/mol. The number of alkyl halides is 3. The van der Waals surface area contributed by atoms with Gasteiger partial charge in [-0.1, -0.05) is 41.6 Å². The van der Waals surface area contributed by atoms with Crippen molar-refractivity contribution >= 4 is 40.1 Å². The first-order valence-electron chi connectivity index (χ1n) is 8.84. The monoisotopic (exact) mass is 440 g/mol. The number of aromatic nitrogens is 3. The van der Waals surface area contributed by atoms with Crippen LogP contribution in [0.3, 0.4) is 0 Å². The van der Waals surface area contributed by atoms with E-state index in [1.807, 2.05) is 24.3 Å². The molecular weight excluding hydrogens is 425 g/mol. The number of nitrogen functional groups attached to an aromatic ring is 1. The molecule has 1 aliphatic rings. The lowest BCUT2D eigenvalue weighted by Crippen LogP contribution is -2.08. The van der Waals surface area contributed by atoms with Gasteiger partial charge in [0.1, 0.15) is 0 Å². The summed E-state index contributed by atoms with van der Waals surface area (Å²) in [5, 5.41) is 2.66. The Hall–Kier alpha value is -2.10. The van der Waals surface area contributed by atoms with Crippen molar-refractivity contribution in [3.63, 3.8) is 0 Å². The van der Waals surface area contributed by atoms with Crippen LogP contribution in [0, 0.1) is 0 Å². The van der Waals surface area contributed by atoms with Crippen molar-refractivity contribution < 1.29 is 17.9 Å². The molecule has 4 rings (SSSR count). The van der Waals surface area contributed by atoms with Crippen LogP contribution in [0.25, 0.3) is 22.2 Å². The van der Waals surface area contributed by atoms with Crippen LogP contribution in [0.5, 0.6) is 0 Å². The summed E-state index contributed by atoms with van der Waals surface area (Å²) in [6, 6.07) is 7.67. The van der Waals surface area contributed by atoms with E-state index >= 15 is 0 Å². The van der Waals surface area contributed by atoms with E-state index in [4.69, 9.17) is 22.1 Å². The topological polar surface area (TPSA) is 73.9 Å². The second-order valence-electron chi connectivity index (χ2n) is 6.59. The van der Waals surface area contributed by atoms with Crippen LogP contribution in [-0.4, -0.2) is 26.9 Å². The van der Waals surface area contributed by atoms with E-state index in [1.165, 1.54) is 0 Å². The van der Waals surface area contributed by atoms with Crippen LogP contribution in [0.15, 0.2) is 29.4 Å². The zero-order valence-corrected chi connectivity index (χ0v) is 16.7. The maximum Gasteiger partial charge on any atom is 0.389 e. The first kappa shape index (κ1) is 20.2. The molecule has 0 saturated heterocycles. The third kappa shape index (κ3) is 4.41. The fourth-order valence-electron chi connectivity index (χ4n) is 3.33. The van der Waals surface area contributed by atoms with Crippen LogP contribution in [0.2, 0.25) is 5.02 Å². The predicted octanol–water partition coefficient (Wildman–Crippen LogP) is 5.39. The van der Waals surface area contributed by atoms with Gasteiger partial charge in [-0.25, -0.2) is 4.98 Å². The number of nitrogens with two attached hydrogens (primary N) is 1. The first-order chi connectivity index (χ1) is 13.8. The smallest absolute Gasteiger partial charge is 0.372 e. The van der Waals surface area contributed by atoms with E-state index in [2.05, 4.69) is 15.0 Å². The molecule has 0 radical (unpaired) electrons. The minimum atomic E-state index is -4.18. The molecule has 0 aliphatic carbocycles. The van der Waals surface area contributed by atoms with Gasteiger partial charge < -0.3 is 10.5 Å². The summed E-state index contributed by atoms with van der Waals surface area (Å²) in [5.74, 6) is 0.515. The van der Waals surface area contributed by atoms with Crippen LogP contribution in [0.1, 0.15) is 24.0 Å². The number of hydrogen-bond donors (Lipinski definition) is 1. The highest BCUT2D eigenvalue weighted by Crippen LogP contribution is 2.40. The molecule has 2 aromatic carbocycles. The highest BCUT2D eigenvalue weighted by molar-refractivity contribution is 7.99. The fourth-order valence-corrected chi connectivity index (χ4v) is 4.43. The summed E-state index contributed by atoms with van der Waals surface area (Å²) in [7, 11) is 0. The molecule has 0 atom stereocenters. The van der Waals surface area contributed by atoms with E-state index in [1.54, 1.807) is 0 Å². The highest BCUT2D eigenvalue weighted by Gasteiger charge is 2.26. The van der Waals surface area contributed by atoms with E-state index in [9.17, 15) is 13.2 Å². The van der Waals surface area contributed by atoms with Gasteiger partial charge in [-0.15, -0.1) is 0 Å². The van der Waals surface area contributed by atoms with Crippen molar-refractivity contribution in [1.29, 1.82) is 0 Å². The van der Waals surface area contributed by atoms with Gasteiger partial charge in [0.05, 0.1) is 18.2 Å². The summed E-state index contributed by atoms with van der Waals surface area (Å²) in [6.07, 6.45) is -5.06. The molecule has 0 bridgehead atoms. The zero-order valence-electron chi connectivity index (χ0n) is 15.1. The normalized spacial score (nSPS) is 13.8. The average molecular weight is 441 g/mol. The molecular formula is C19H16ClF3N4OS. The van der Waals surface area contributed by atoms with Gasteiger partial charge in [-0.05, 0) is 34.4 Å². The molecule has 0 unspecified atom stereocenters. The van der Waals surface area contributed by atoms with Crippen LogP contribution in [-0.2, 0) is 18.0 Å². The van der Waals surface area contributed by atoms with Crippen molar-refractivity contribution in [3.05, 3.63) is 40.4 Å². The molecule has 0 spiro atoms. The number of benzene rings is 2. The molecule has 2 heterocycles. The van der Waals surface area contributed by atoms with Crippen LogP contribution >= 0.6 is 23.4 Å². The fraction of sp³-hybridized carbons (Fsp3) is 0.316. The zero-order chi connectivity index (χ0) is 20.6. The van der Waals surface area contributed by atoms with E-state index in [0.29, 0.717) is 29.6 Å². The minimum absolute atomic E-state index is 0.00630. The third-order valence-electron chi connectivity index (χ3n) is 4.49. The highest BCUT2D eigenvalue weighted by atomic mass is 35.5. The van der Waals surface area contributed by atoms with Crippen molar-refractivity contribution in [3.8, 4) is 11.4 Å². The number of hydrogen-bond acceptors (Lipinski definition) is 6. The van der Waals surface area contributed by atoms with Gasteiger partial charge in [0.25, 0.3) is 0 Å². The maximum atomic E-state index is 12.3. The van der Waals surface area contributed by atoms with Crippen molar-refractivity contribution in [1.82, 2.24) is 15.0 Å². The SMILES string of the molecule is Nc1nc(SCCCC(F)(F)F)nc(-c2c(Cl)cc3c4c(cccc24)COC3)n1. The number of thioether (sulfide) groups is 1. The first-order valence-corrected chi connectivity index (χ1v) is 10.2. The van der Waals surface area contributed by atoms with Gasteiger partial charge >= 0.3 is 6.18 Å². The Morgan fingerprint density at radius 3 is 2.72 bits per heavy atom. The Labute approximate surface area is 173 Å². The van der Waals surface area contributed by atoms with E-state index < -0.39 is 12.6 Å². The number of halogens is 4. The summed E-state index contributed by atoms with van der Waals surface area (Å²) in [6.45, 7) is 0.970. The number of nitrogens with zero attached hydrogens (tertiary/aromatic N) is 3. The summed E-state index contributed by atoms with van der Waals surface area (Å²) in [5.41, 5.74) is 8.50. The van der Waals surface area contributed by atoms with Crippen LogP contribution in [0.4, 0.5) is 19.1 Å². The Kier molecular flexibility index (Phi) is 5.54. The molecule has 0 saturated carbocycles. The Bertz CT molecular complexity index is 1080. The largest absolute Gasteiger partial charge is 0.389 e. The lowest BCUT2D eigenvalue weighted by Gasteiger charge is -2.20. The molecule has 1 aliphatic heterocycles. The van der Waals surface area contributed by atoms with Gasteiger partial charge in [0.2, 0.25) is 5.95 Å². The summed E-state index contributed by atoms with van der Waals surface area (Å²) >= 11 is 7.66. The number of rotatable bonds is 5. The molecule has 3 aromatic rings. The van der Waals surface area contributed by atoms with Crippen molar-refractivity contribution in [2.75, 3.05) is 11.5 Å². The Morgan fingerprint density at radius 2 is 1.93 bits per heavy atom. The second kappa shape index (κ2) is 7.97. The van der Waals surface area contributed by atoms with E-state index in [0.717, 1.165) is 33.7 Å². The molecule has 0 amide bonds. The van der Waals surface area contributed by atoms with Gasteiger partial charge in [0.15, 0.2) is 11.0 Å². The minimum Gasteiger partial charge on any atom is -0.372 e. The van der Waals surface area contributed by atoms with Gasteiger partial charge in [-0.2, -0.15) is 23.1 Å². The number of anilines is 1. The molecule has 1 aromatic heterocycles. The van der Waals surface area contributed by atoms with E-state index in [-0.39, 0.29) is 23.3 Å². The lowest BCUT2D eigenvalue weighted by molar-refractivity contribution is -0.134. The lowest BCUT2D eigenvalue weighted by atomic mass is 9.94. The van der Waals surface area contributed by atoms with Gasteiger partial charge in [0, 0.05) is 17.7 Å². The standard InChI is InChI=1S/C19H16ClF3N4OS/c20-13-7-11-9-28-8-10-3-1-4-12(14(10)11)15(13)16-25-17(24)27-18(26-16)29-6-2-5-19(21,22)23/h1,3-4,7H,2,5-6,8-9H2,(H2,24,25,26,27). The summed E-state index contributed by atoms with van der Waals surface area (Å²) < 4.78 is 42.6. The average Bonchev–Trinajstić information content (AvgIpc) is 2.64.